The Morgan fingerprint density at radius 2 is 1.59 bits per heavy atom. The standard InChI is InChI=1S/C25H22ClFN4O/c26-19-9-6-10-20(17-19)30-13-15-31(16-14-30)23(21-11-4-5-12-22(21)27)25-29-28-24(32-25)18-7-2-1-3-8-18/h1-12,17,23H,13-16H2/t23-/m0/s1. The Morgan fingerprint density at radius 3 is 2.34 bits per heavy atom. The molecule has 1 aliphatic rings. The van der Waals surface area contributed by atoms with Crippen molar-refractivity contribution in [2.75, 3.05) is 31.1 Å². The van der Waals surface area contributed by atoms with Crippen LogP contribution in [0.15, 0.2) is 83.3 Å². The van der Waals surface area contributed by atoms with Crippen molar-refractivity contribution in [1.29, 1.82) is 0 Å². The molecule has 1 aliphatic heterocycles. The molecule has 1 aromatic heterocycles. The number of hydrogen-bond donors (Lipinski definition) is 0. The molecule has 0 N–H and O–H groups in total. The van der Waals surface area contributed by atoms with E-state index in [1.807, 2.05) is 54.6 Å². The van der Waals surface area contributed by atoms with Crippen molar-refractivity contribution in [2.24, 2.45) is 0 Å². The molecule has 0 radical (unpaired) electrons. The Kier molecular flexibility index (Phi) is 5.88. The van der Waals surface area contributed by atoms with Gasteiger partial charge in [0.2, 0.25) is 11.8 Å². The van der Waals surface area contributed by atoms with Crippen LogP contribution >= 0.6 is 11.6 Å². The van der Waals surface area contributed by atoms with Gasteiger partial charge in [-0.15, -0.1) is 10.2 Å². The number of hydrogen-bond acceptors (Lipinski definition) is 5. The van der Waals surface area contributed by atoms with Crippen molar-refractivity contribution in [3.8, 4) is 11.5 Å². The van der Waals surface area contributed by atoms with Crippen LogP contribution in [0.2, 0.25) is 5.02 Å². The second kappa shape index (κ2) is 9.10. The minimum atomic E-state index is -0.456. The highest BCUT2D eigenvalue weighted by Crippen LogP contribution is 2.33. The second-order valence-corrected chi connectivity index (χ2v) is 8.17. The van der Waals surface area contributed by atoms with Crippen LogP contribution in [0.3, 0.4) is 0 Å². The van der Waals surface area contributed by atoms with Gasteiger partial charge in [-0.1, -0.05) is 54.1 Å². The average Bonchev–Trinajstić information content (AvgIpc) is 3.31. The third-order valence-corrected chi connectivity index (χ3v) is 5.98. The molecule has 0 bridgehead atoms. The number of anilines is 1. The maximum Gasteiger partial charge on any atom is 0.247 e. The fourth-order valence-electron chi connectivity index (χ4n) is 4.14. The van der Waals surface area contributed by atoms with Crippen molar-refractivity contribution in [2.45, 2.75) is 6.04 Å². The fraction of sp³-hybridized carbons (Fsp3) is 0.200. The highest BCUT2D eigenvalue weighted by atomic mass is 35.5. The van der Waals surface area contributed by atoms with Crippen LogP contribution in [0.4, 0.5) is 10.1 Å². The molecule has 3 aromatic carbocycles. The van der Waals surface area contributed by atoms with Gasteiger partial charge < -0.3 is 9.32 Å². The van der Waals surface area contributed by atoms with Gasteiger partial charge >= 0.3 is 0 Å². The summed E-state index contributed by atoms with van der Waals surface area (Å²) < 4.78 is 20.9. The van der Waals surface area contributed by atoms with Crippen LogP contribution in [0, 0.1) is 5.82 Å². The fourth-order valence-corrected chi connectivity index (χ4v) is 4.32. The van der Waals surface area contributed by atoms with E-state index < -0.39 is 6.04 Å². The average molecular weight is 449 g/mol. The summed E-state index contributed by atoms with van der Waals surface area (Å²) >= 11 is 6.17. The van der Waals surface area contributed by atoms with Gasteiger partial charge in [-0.05, 0) is 36.4 Å². The zero-order chi connectivity index (χ0) is 21.9. The number of aromatic nitrogens is 2. The van der Waals surface area contributed by atoms with Gasteiger partial charge in [-0.25, -0.2) is 4.39 Å². The van der Waals surface area contributed by atoms with Gasteiger partial charge in [-0.2, -0.15) is 0 Å². The number of halogens is 2. The van der Waals surface area contributed by atoms with Gasteiger partial charge in [0.15, 0.2) is 0 Å². The Morgan fingerprint density at radius 1 is 0.844 bits per heavy atom. The molecule has 162 valence electrons. The zero-order valence-electron chi connectivity index (χ0n) is 17.4. The first kappa shape index (κ1) is 20.7. The van der Waals surface area contributed by atoms with Gasteiger partial charge in [-0.3, -0.25) is 4.90 Å². The third-order valence-electron chi connectivity index (χ3n) is 5.75. The van der Waals surface area contributed by atoms with E-state index in [1.54, 1.807) is 12.1 Å². The second-order valence-electron chi connectivity index (χ2n) is 7.74. The van der Waals surface area contributed by atoms with Gasteiger partial charge in [0.05, 0.1) is 0 Å². The lowest BCUT2D eigenvalue weighted by Crippen LogP contribution is -2.48. The molecule has 0 spiro atoms. The summed E-state index contributed by atoms with van der Waals surface area (Å²) in [5.74, 6) is 0.541. The lowest BCUT2D eigenvalue weighted by Gasteiger charge is -2.39. The molecular weight excluding hydrogens is 427 g/mol. The Hall–Kier alpha value is -3.22. The minimum absolute atomic E-state index is 0.283. The summed E-state index contributed by atoms with van der Waals surface area (Å²) in [6.45, 7) is 3.00. The summed E-state index contributed by atoms with van der Waals surface area (Å²) in [5, 5.41) is 9.27. The summed E-state index contributed by atoms with van der Waals surface area (Å²) in [5.41, 5.74) is 2.46. The molecule has 1 atom stereocenters. The zero-order valence-corrected chi connectivity index (χ0v) is 18.1. The third kappa shape index (κ3) is 4.24. The van der Waals surface area contributed by atoms with Crippen LogP contribution in [0.5, 0.6) is 0 Å². The van der Waals surface area contributed by atoms with Crippen molar-refractivity contribution < 1.29 is 8.81 Å². The normalized spacial score (nSPS) is 15.6. The van der Waals surface area contributed by atoms with Crippen molar-refractivity contribution in [3.63, 3.8) is 0 Å². The van der Waals surface area contributed by atoms with E-state index in [1.165, 1.54) is 6.07 Å². The van der Waals surface area contributed by atoms with E-state index in [-0.39, 0.29) is 5.82 Å². The molecular formula is C25H22ClFN4O. The molecule has 32 heavy (non-hydrogen) atoms. The Labute approximate surface area is 191 Å². The molecule has 5 nitrogen and oxygen atoms in total. The highest BCUT2D eigenvalue weighted by molar-refractivity contribution is 6.30. The summed E-state index contributed by atoms with van der Waals surface area (Å²) in [6.07, 6.45) is 0. The number of benzene rings is 3. The first-order valence-corrected chi connectivity index (χ1v) is 10.9. The molecule has 0 amide bonds. The summed E-state index contributed by atoms with van der Waals surface area (Å²) in [6, 6.07) is 23.8. The summed E-state index contributed by atoms with van der Waals surface area (Å²) in [4.78, 5) is 4.48. The van der Waals surface area contributed by atoms with Gasteiger partial charge in [0.25, 0.3) is 0 Å². The molecule has 1 fully saturated rings. The monoisotopic (exact) mass is 448 g/mol. The van der Waals surface area contributed by atoms with Gasteiger partial charge in [0.1, 0.15) is 11.9 Å². The van der Waals surface area contributed by atoms with Crippen LogP contribution < -0.4 is 4.90 Å². The van der Waals surface area contributed by atoms with Gasteiger partial charge in [0, 0.05) is 48.0 Å². The van der Waals surface area contributed by atoms with E-state index in [0.29, 0.717) is 35.5 Å². The van der Waals surface area contributed by atoms with E-state index in [9.17, 15) is 4.39 Å². The SMILES string of the molecule is Fc1ccccc1[C@@H](c1nnc(-c2ccccc2)o1)N1CCN(c2cccc(Cl)c2)CC1. The molecule has 4 aromatic rings. The van der Waals surface area contributed by atoms with E-state index >= 15 is 0 Å². The number of piperazine rings is 1. The number of rotatable bonds is 5. The number of nitrogens with zero attached hydrogens (tertiary/aromatic N) is 4. The first-order chi connectivity index (χ1) is 15.7. The van der Waals surface area contributed by atoms with Crippen molar-refractivity contribution >= 4 is 17.3 Å². The van der Waals surface area contributed by atoms with Crippen LogP contribution in [0.1, 0.15) is 17.5 Å². The van der Waals surface area contributed by atoms with Crippen LogP contribution in [0.25, 0.3) is 11.5 Å². The topological polar surface area (TPSA) is 45.4 Å². The van der Waals surface area contributed by atoms with Crippen molar-refractivity contribution in [3.05, 3.63) is 101 Å². The predicted molar refractivity (Wildman–Crippen MR) is 123 cm³/mol. The Bertz CT molecular complexity index is 1190. The van der Waals surface area contributed by atoms with Crippen LogP contribution in [-0.4, -0.2) is 41.3 Å². The summed E-state index contributed by atoms with van der Waals surface area (Å²) in [7, 11) is 0. The lowest BCUT2D eigenvalue weighted by molar-refractivity contribution is 0.184. The molecule has 1 saturated heterocycles. The Balaban J connectivity index is 1.43. The van der Waals surface area contributed by atoms with E-state index in [4.69, 9.17) is 16.0 Å². The molecule has 7 heteroatoms. The first-order valence-electron chi connectivity index (χ1n) is 10.6. The maximum atomic E-state index is 14.9. The van der Waals surface area contributed by atoms with E-state index in [0.717, 1.165) is 24.3 Å². The van der Waals surface area contributed by atoms with Crippen LogP contribution in [-0.2, 0) is 0 Å². The smallest absolute Gasteiger partial charge is 0.247 e. The largest absolute Gasteiger partial charge is 0.419 e. The molecule has 0 unspecified atom stereocenters. The molecule has 0 aliphatic carbocycles. The maximum absolute atomic E-state index is 14.9. The molecule has 0 saturated carbocycles. The molecule has 2 heterocycles. The predicted octanol–water partition coefficient (Wildman–Crippen LogP) is 5.44. The van der Waals surface area contributed by atoms with E-state index in [2.05, 4.69) is 26.1 Å². The van der Waals surface area contributed by atoms with Crippen molar-refractivity contribution in [1.82, 2.24) is 15.1 Å². The quantitative estimate of drug-likeness (QED) is 0.406. The highest BCUT2D eigenvalue weighted by Gasteiger charge is 2.32. The molecule has 5 rings (SSSR count). The lowest BCUT2D eigenvalue weighted by atomic mass is 10.0. The minimum Gasteiger partial charge on any atom is -0.419 e.